The average molecular weight is 155 g/mol. The van der Waals surface area contributed by atoms with Crippen LogP contribution in [0.2, 0.25) is 0 Å². The Balaban J connectivity index is 4.11. The maximum atomic E-state index is 5.40. The van der Waals surface area contributed by atoms with E-state index in [0.717, 1.165) is 0 Å². The first-order valence-corrected chi connectivity index (χ1v) is 2.97. The molecule has 0 unspecified atom stereocenters. The zero-order valence-electron chi connectivity index (χ0n) is 6.46. The van der Waals surface area contributed by atoms with E-state index in [9.17, 15) is 0 Å². The van der Waals surface area contributed by atoms with Gasteiger partial charge in [0.1, 0.15) is 11.7 Å². The minimum atomic E-state index is 0.266. The zero-order valence-corrected chi connectivity index (χ0v) is 6.46. The second kappa shape index (κ2) is 4.21. The first-order valence-electron chi connectivity index (χ1n) is 2.97. The van der Waals surface area contributed by atoms with E-state index in [4.69, 9.17) is 17.2 Å². The van der Waals surface area contributed by atoms with Crippen molar-refractivity contribution < 1.29 is 0 Å². The van der Waals surface area contributed by atoms with Gasteiger partial charge in [0, 0.05) is 13.1 Å². The van der Waals surface area contributed by atoms with E-state index in [1.54, 1.807) is 7.05 Å². The lowest BCUT2D eigenvalue weighted by molar-refractivity contribution is 0.936. The zero-order chi connectivity index (χ0) is 8.85. The van der Waals surface area contributed by atoms with Gasteiger partial charge < -0.3 is 22.5 Å². The van der Waals surface area contributed by atoms with E-state index in [1.807, 2.05) is 0 Å². The van der Waals surface area contributed by atoms with Crippen molar-refractivity contribution in [2.24, 2.45) is 22.2 Å². The summed E-state index contributed by atoms with van der Waals surface area (Å²) in [6.45, 7) is 3.39. The Labute approximate surface area is 65.6 Å². The van der Waals surface area contributed by atoms with E-state index < -0.39 is 0 Å². The third-order valence-corrected chi connectivity index (χ3v) is 0.866. The van der Waals surface area contributed by atoms with Gasteiger partial charge in [-0.3, -0.25) is 4.99 Å². The van der Waals surface area contributed by atoms with Crippen LogP contribution in [0.5, 0.6) is 0 Å². The Morgan fingerprint density at radius 3 is 2.36 bits per heavy atom. The van der Waals surface area contributed by atoms with Gasteiger partial charge in [0.05, 0.1) is 5.82 Å². The van der Waals surface area contributed by atoms with Crippen LogP contribution >= 0.6 is 0 Å². The largest absolute Gasteiger partial charge is 0.386 e. The molecule has 0 amide bonds. The monoisotopic (exact) mass is 155 g/mol. The Morgan fingerprint density at radius 1 is 1.45 bits per heavy atom. The predicted molar refractivity (Wildman–Crippen MR) is 46.3 cm³/mol. The predicted octanol–water partition coefficient (Wildman–Crippen LogP) is -1.21. The molecule has 5 heteroatoms. The van der Waals surface area contributed by atoms with E-state index >= 15 is 0 Å². The molecule has 5 nitrogen and oxygen atoms in total. The highest BCUT2D eigenvalue weighted by atomic mass is 15.1. The van der Waals surface area contributed by atoms with Gasteiger partial charge in [-0.25, -0.2) is 0 Å². The lowest BCUT2D eigenvalue weighted by atomic mass is 10.5. The molecule has 0 saturated heterocycles. The molecule has 0 fully saturated rings. The third kappa shape index (κ3) is 4.83. The Kier molecular flexibility index (Phi) is 3.58. The molecule has 0 aromatic rings. The summed E-state index contributed by atoms with van der Waals surface area (Å²) in [5, 5.41) is 2.57. The minimum absolute atomic E-state index is 0.266. The first-order chi connectivity index (χ1) is 5.06. The minimum Gasteiger partial charge on any atom is -0.386 e. The van der Waals surface area contributed by atoms with E-state index in [0.29, 0.717) is 11.7 Å². The highest BCUT2D eigenvalue weighted by Gasteiger charge is 1.89. The molecule has 0 aliphatic carbocycles. The van der Waals surface area contributed by atoms with Crippen LogP contribution in [0, 0.1) is 0 Å². The number of hydrogen-bond acceptors (Lipinski definition) is 4. The topological polar surface area (TPSA) is 102 Å². The molecule has 62 valence electrons. The van der Waals surface area contributed by atoms with Gasteiger partial charge in [0.2, 0.25) is 0 Å². The van der Waals surface area contributed by atoms with Crippen molar-refractivity contribution in [3.8, 4) is 0 Å². The van der Waals surface area contributed by atoms with Crippen LogP contribution < -0.4 is 22.5 Å². The van der Waals surface area contributed by atoms with Crippen LogP contribution in [-0.2, 0) is 0 Å². The second-order valence-corrected chi connectivity index (χ2v) is 1.90. The molecule has 0 rings (SSSR count). The fourth-order valence-electron chi connectivity index (χ4n) is 0.445. The van der Waals surface area contributed by atoms with Crippen LogP contribution in [0.15, 0.2) is 29.3 Å². The van der Waals surface area contributed by atoms with Crippen molar-refractivity contribution in [3.63, 3.8) is 0 Å². The number of nitrogens with one attached hydrogen (secondary N) is 1. The van der Waals surface area contributed by atoms with Gasteiger partial charge >= 0.3 is 0 Å². The molecule has 0 aliphatic rings. The summed E-state index contributed by atoms with van der Waals surface area (Å²) in [5.74, 6) is 0.916. The quantitative estimate of drug-likeness (QED) is 0.303. The summed E-state index contributed by atoms with van der Waals surface area (Å²) in [7, 11) is 1.57. The number of rotatable bonds is 3. The van der Waals surface area contributed by atoms with E-state index in [2.05, 4.69) is 16.9 Å². The van der Waals surface area contributed by atoms with Crippen LogP contribution in [0.4, 0.5) is 0 Å². The van der Waals surface area contributed by atoms with Gasteiger partial charge in [-0.2, -0.15) is 0 Å². The van der Waals surface area contributed by atoms with Crippen molar-refractivity contribution in [1.29, 1.82) is 0 Å². The van der Waals surface area contributed by atoms with Crippen molar-refractivity contribution in [2.45, 2.75) is 0 Å². The van der Waals surface area contributed by atoms with Crippen molar-refractivity contribution in [1.82, 2.24) is 5.32 Å². The molecule has 0 aromatic carbocycles. The van der Waals surface area contributed by atoms with Gasteiger partial charge in [0.15, 0.2) is 0 Å². The Morgan fingerprint density at radius 2 is 2.00 bits per heavy atom. The number of hydrogen-bond donors (Lipinski definition) is 4. The average Bonchev–Trinajstić information content (AvgIpc) is 1.85. The van der Waals surface area contributed by atoms with Gasteiger partial charge in [-0.1, -0.05) is 6.58 Å². The molecule has 11 heavy (non-hydrogen) atoms. The Hall–Kier alpha value is -1.65. The SMILES string of the molecule is C=C(N)NC(N)=CC(N)=NC. The summed E-state index contributed by atoms with van der Waals surface area (Å²) in [6.07, 6.45) is 1.46. The Bertz CT molecular complexity index is 203. The highest BCUT2D eigenvalue weighted by molar-refractivity contribution is 5.91. The molecule has 0 saturated carbocycles. The molecule has 0 bridgehead atoms. The standard InChI is InChI=1S/C6H13N5/c1-4(7)11-6(9)3-5(8)10-2/h3,11H,1,7,9H2,2H3,(H2,8,10). The van der Waals surface area contributed by atoms with Crippen molar-refractivity contribution in [3.05, 3.63) is 24.3 Å². The summed E-state index contributed by atoms with van der Waals surface area (Å²) in [4.78, 5) is 3.66. The number of aliphatic imine (C=N–C) groups is 1. The molecular weight excluding hydrogens is 142 g/mol. The summed E-state index contributed by atoms with van der Waals surface area (Å²) < 4.78 is 0. The van der Waals surface area contributed by atoms with Crippen molar-refractivity contribution in [2.75, 3.05) is 7.05 Å². The van der Waals surface area contributed by atoms with Gasteiger partial charge in [-0.15, -0.1) is 0 Å². The molecule has 0 radical (unpaired) electrons. The van der Waals surface area contributed by atoms with Crippen LogP contribution in [0.1, 0.15) is 0 Å². The molecular formula is C6H13N5. The summed E-state index contributed by atoms with van der Waals surface area (Å²) in [5.41, 5.74) is 15.9. The lowest BCUT2D eigenvalue weighted by Gasteiger charge is -2.03. The van der Waals surface area contributed by atoms with E-state index in [-0.39, 0.29) is 5.82 Å². The van der Waals surface area contributed by atoms with Gasteiger partial charge in [0.25, 0.3) is 0 Å². The number of nitrogens with two attached hydrogens (primary N) is 3. The van der Waals surface area contributed by atoms with Crippen LogP contribution in [0.25, 0.3) is 0 Å². The number of amidine groups is 1. The van der Waals surface area contributed by atoms with Crippen molar-refractivity contribution >= 4 is 5.84 Å². The molecule has 0 spiro atoms. The summed E-state index contributed by atoms with van der Waals surface area (Å²) in [6, 6.07) is 0. The second-order valence-electron chi connectivity index (χ2n) is 1.90. The molecule has 0 aromatic heterocycles. The third-order valence-electron chi connectivity index (χ3n) is 0.866. The molecule has 7 N–H and O–H groups in total. The molecule has 0 atom stereocenters. The van der Waals surface area contributed by atoms with Crippen LogP contribution in [-0.4, -0.2) is 12.9 Å². The highest BCUT2D eigenvalue weighted by Crippen LogP contribution is 1.79. The fourth-order valence-corrected chi connectivity index (χ4v) is 0.445. The summed E-state index contributed by atoms with van der Waals surface area (Å²) >= 11 is 0. The molecule has 0 heterocycles. The maximum Gasteiger partial charge on any atom is 0.121 e. The number of nitrogens with zero attached hydrogens (tertiary/aromatic N) is 1. The first kappa shape index (κ1) is 9.35. The maximum absolute atomic E-state index is 5.40. The molecule has 0 aliphatic heterocycles. The normalized spacial score (nSPS) is 12.8. The fraction of sp³-hybridized carbons (Fsp3) is 0.167. The van der Waals surface area contributed by atoms with Crippen LogP contribution in [0.3, 0.4) is 0 Å². The lowest BCUT2D eigenvalue weighted by Crippen LogP contribution is -2.25. The van der Waals surface area contributed by atoms with E-state index in [1.165, 1.54) is 6.08 Å². The smallest absolute Gasteiger partial charge is 0.121 e. The van der Waals surface area contributed by atoms with Gasteiger partial charge in [-0.05, 0) is 0 Å².